The largest absolute Gasteiger partial charge is 0.391 e. The molecule has 7 nitrogen and oxygen atoms in total. The average Bonchev–Trinajstić information content (AvgIpc) is 2.89. The van der Waals surface area contributed by atoms with Gasteiger partial charge in [0.2, 0.25) is 0 Å². The molecule has 0 aliphatic carbocycles. The zero-order chi connectivity index (χ0) is 15.4. The van der Waals surface area contributed by atoms with Crippen LogP contribution in [0, 0.1) is 0 Å². The van der Waals surface area contributed by atoms with Crippen molar-refractivity contribution in [3.63, 3.8) is 0 Å². The van der Waals surface area contributed by atoms with E-state index in [-0.39, 0.29) is 12.1 Å². The third-order valence-electron chi connectivity index (χ3n) is 4.08. The van der Waals surface area contributed by atoms with Gasteiger partial charge in [0.05, 0.1) is 19.3 Å². The Morgan fingerprint density at radius 3 is 3.14 bits per heavy atom. The minimum Gasteiger partial charge on any atom is -0.391 e. The fourth-order valence-corrected chi connectivity index (χ4v) is 3.02. The second kappa shape index (κ2) is 7.04. The number of β-amino-alcohol motifs (C(OH)–C–C–N with tert-alkyl or cyclic N) is 1. The van der Waals surface area contributed by atoms with Crippen molar-refractivity contribution in [2.24, 2.45) is 0 Å². The smallest absolute Gasteiger partial charge is 0.134 e. The van der Waals surface area contributed by atoms with Gasteiger partial charge in [-0.1, -0.05) is 6.08 Å². The minimum atomic E-state index is -0.333. The van der Waals surface area contributed by atoms with E-state index in [4.69, 9.17) is 10.5 Å². The SMILES string of the molecule is Nc1cc(N2C[C@H](O)C[C@@H]2CNCC2=CCCOC2)ncn1. The summed E-state index contributed by atoms with van der Waals surface area (Å²) in [5, 5.41) is 13.4. The average molecular weight is 305 g/mol. The van der Waals surface area contributed by atoms with Crippen molar-refractivity contribution in [1.82, 2.24) is 15.3 Å². The van der Waals surface area contributed by atoms with Gasteiger partial charge in [-0.15, -0.1) is 0 Å². The van der Waals surface area contributed by atoms with Gasteiger partial charge in [-0.3, -0.25) is 0 Å². The second-order valence-electron chi connectivity index (χ2n) is 5.83. The van der Waals surface area contributed by atoms with E-state index in [1.807, 2.05) is 0 Å². The van der Waals surface area contributed by atoms with E-state index in [1.54, 1.807) is 6.07 Å². The highest BCUT2D eigenvalue weighted by atomic mass is 16.5. The van der Waals surface area contributed by atoms with Crippen molar-refractivity contribution in [3.05, 3.63) is 24.0 Å². The molecule has 2 aliphatic heterocycles. The molecule has 1 aromatic heterocycles. The van der Waals surface area contributed by atoms with Gasteiger partial charge in [-0.2, -0.15) is 0 Å². The number of nitrogen functional groups attached to an aromatic ring is 1. The number of nitrogens with two attached hydrogens (primary N) is 1. The summed E-state index contributed by atoms with van der Waals surface area (Å²) in [6.45, 7) is 3.73. The summed E-state index contributed by atoms with van der Waals surface area (Å²) >= 11 is 0. The number of aromatic nitrogens is 2. The zero-order valence-electron chi connectivity index (χ0n) is 12.6. The predicted octanol–water partition coefficient (Wildman–Crippen LogP) is -0.0653. The number of hydrogen-bond acceptors (Lipinski definition) is 7. The first-order chi connectivity index (χ1) is 10.7. The highest BCUT2D eigenvalue weighted by Gasteiger charge is 2.31. The maximum atomic E-state index is 9.97. The van der Waals surface area contributed by atoms with Gasteiger partial charge in [-0.05, 0) is 18.4 Å². The Hall–Kier alpha value is -1.70. The molecule has 0 saturated carbocycles. The summed E-state index contributed by atoms with van der Waals surface area (Å²) in [5.41, 5.74) is 7.02. The summed E-state index contributed by atoms with van der Waals surface area (Å²) in [4.78, 5) is 10.3. The van der Waals surface area contributed by atoms with E-state index in [0.29, 0.717) is 19.0 Å². The number of aliphatic hydroxyl groups is 1. The summed E-state index contributed by atoms with van der Waals surface area (Å²) < 4.78 is 5.44. The maximum absolute atomic E-state index is 9.97. The first-order valence-electron chi connectivity index (χ1n) is 7.71. The molecule has 1 fully saturated rings. The molecule has 4 N–H and O–H groups in total. The van der Waals surface area contributed by atoms with Crippen LogP contribution in [0.1, 0.15) is 12.8 Å². The topological polar surface area (TPSA) is 96.5 Å². The molecule has 22 heavy (non-hydrogen) atoms. The van der Waals surface area contributed by atoms with Gasteiger partial charge in [0, 0.05) is 31.7 Å². The molecule has 0 radical (unpaired) electrons. The van der Waals surface area contributed by atoms with E-state index in [1.165, 1.54) is 11.9 Å². The first kappa shape index (κ1) is 15.2. The van der Waals surface area contributed by atoms with Crippen molar-refractivity contribution in [2.45, 2.75) is 25.0 Å². The van der Waals surface area contributed by atoms with E-state index in [2.05, 4.69) is 26.3 Å². The fourth-order valence-electron chi connectivity index (χ4n) is 3.02. The number of nitrogens with one attached hydrogen (secondary N) is 1. The van der Waals surface area contributed by atoms with Gasteiger partial charge >= 0.3 is 0 Å². The van der Waals surface area contributed by atoms with Crippen molar-refractivity contribution in [1.29, 1.82) is 0 Å². The Morgan fingerprint density at radius 2 is 2.36 bits per heavy atom. The molecule has 3 heterocycles. The zero-order valence-corrected chi connectivity index (χ0v) is 12.6. The van der Waals surface area contributed by atoms with Gasteiger partial charge in [0.25, 0.3) is 0 Å². The third kappa shape index (κ3) is 3.73. The molecule has 0 unspecified atom stereocenters. The van der Waals surface area contributed by atoms with Gasteiger partial charge in [0.1, 0.15) is 18.0 Å². The molecule has 3 rings (SSSR count). The van der Waals surface area contributed by atoms with Crippen LogP contribution in [-0.4, -0.2) is 60.1 Å². The fraction of sp³-hybridized carbons (Fsp3) is 0.600. The number of nitrogens with zero attached hydrogens (tertiary/aromatic N) is 3. The van der Waals surface area contributed by atoms with Crippen LogP contribution >= 0.6 is 0 Å². The standard InChI is InChI=1S/C15H23N5O2/c16-14-5-15(19-10-18-14)20-8-13(21)4-12(20)7-17-6-11-2-1-3-22-9-11/h2,5,10,12-13,17,21H,1,3-4,6-9H2,(H2,16,18,19)/t12-,13-/m1/s1. The summed E-state index contributed by atoms with van der Waals surface area (Å²) in [5.74, 6) is 1.22. The lowest BCUT2D eigenvalue weighted by molar-refractivity contribution is 0.148. The highest BCUT2D eigenvalue weighted by Crippen LogP contribution is 2.24. The minimum absolute atomic E-state index is 0.203. The third-order valence-corrected chi connectivity index (χ3v) is 4.08. The molecule has 2 atom stereocenters. The second-order valence-corrected chi connectivity index (χ2v) is 5.83. The monoisotopic (exact) mass is 305 g/mol. The van der Waals surface area contributed by atoms with Crippen molar-refractivity contribution in [2.75, 3.05) is 43.5 Å². The first-order valence-corrected chi connectivity index (χ1v) is 7.71. The number of anilines is 2. The van der Waals surface area contributed by atoms with Crippen molar-refractivity contribution < 1.29 is 9.84 Å². The quantitative estimate of drug-likeness (QED) is 0.655. The summed E-state index contributed by atoms with van der Waals surface area (Å²) in [6.07, 6.45) is 5.09. The Morgan fingerprint density at radius 1 is 1.45 bits per heavy atom. The summed E-state index contributed by atoms with van der Waals surface area (Å²) in [7, 11) is 0. The molecular formula is C15H23N5O2. The number of rotatable bonds is 5. The van der Waals surface area contributed by atoms with Crippen LogP contribution in [0.3, 0.4) is 0 Å². The highest BCUT2D eigenvalue weighted by molar-refractivity contribution is 5.48. The van der Waals surface area contributed by atoms with Crippen molar-refractivity contribution >= 4 is 11.6 Å². The Labute approximate surface area is 130 Å². The molecule has 0 spiro atoms. The van der Waals surface area contributed by atoms with Crippen molar-refractivity contribution in [3.8, 4) is 0 Å². The molecule has 2 aliphatic rings. The number of ether oxygens (including phenoxy) is 1. The van der Waals surface area contributed by atoms with Crippen LogP contribution in [0.25, 0.3) is 0 Å². The molecule has 0 amide bonds. The van der Waals surface area contributed by atoms with Crippen LogP contribution < -0.4 is 16.0 Å². The molecule has 7 heteroatoms. The number of aliphatic hydroxyl groups excluding tert-OH is 1. The van der Waals surface area contributed by atoms with Gasteiger partial charge in [-0.25, -0.2) is 9.97 Å². The maximum Gasteiger partial charge on any atom is 0.134 e. The lowest BCUT2D eigenvalue weighted by Gasteiger charge is -2.26. The van der Waals surface area contributed by atoms with Crippen LogP contribution in [0.4, 0.5) is 11.6 Å². The van der Waals surface area contributed by atoms with E-state index >= 15 is 0 Å². The number of hydrogen-bond donors (Lipinski definition) is 3. The van der Waals surface area contributed by atoms with Gasteiger partial charge in [0.15, 0.2) is 0 Å². The van der Waals surface area contributed by atoms with Crippen LogP contribution in [-0.2, 0) is 4.74 Å². The molecule has 0 aromatic carbocycles. The molecule has 1 aromatic rings. The lowest BCUT2D eigenvalue weighted by atomic mass is 10.1. The van der Waals surface area contributed by atoms with Crippen LogP contribution in [0.2, 0.25) is 0 Å². The van der Waals surface area contributed by atoms with Crippen LogP contribution in [0.5, 0.6) is 0 Å². The van der Waals surface area contributed by atoms with Crippen LogP contribution in [0.15, 0.2) is 24.0 Å². The Kier molecular flexibility index (Phi) is 4.87. The van der Waals surface area contributed by atoms with E-state index in [0.717, 1.165) is 38.4 Å². The Bertz CT molecular complexity index is 536. The molecule has 0 bridgehead atoms. The lowest BCUT2D eigenvalue weighted by Crippen LogP contribution is -2.39. The van der Waals surface area contributed by atoms with E-state index < -0.39 is 0 Å². The molecule has 1 saturated heterocycles. The normalized spacial score (nSPS) is 25.3. The van der Waals surface area contributed by atoms with E-state index in [9.17, 15) is 5.11 Å². The molecule has 120 valence electrons. The van der Waals surface area contributed by atoms with Gasteiger partial charge < -0.3 is 25.8 Å². The predicted molar refractivity (Wildman–Crippen MR) is 84.6 cm³/mol. The molecular weight excluding hydrogens is 282 g/mol. The summed E-state index contributed by atoms with van der Waals surface area (Å²) in [6, 6.07) is 1.96. The Balaban J connectivity index is 1.57.